The van der Waals surface area contributed by atoms with Crippen LogP contribution in [0.2, 0.25) is 0 Å². The number of hydrogen-bond acceptors (Lipinski definition) is 4. The number of nitrogens with one attached hydrogen (secondary N) is 1. The Morgan fingerprint density at radius 2 is 1.62 bits per heavy atom. The van der Waals surface area contributed by atoms with Crippen LogP contribution in [-0.4, -0.2) is 23.7 Å². The number of carbonyl (C=O) groups excluding carboxylic acids is 1. The van der Waals surface area contributed by atoms with Crippen molar-refractivity contribution in [2.75, 3.05) is 7.11 Å². The van der Waals surface area contributed by atoms with Gasteiger partial charge in [-0.25, -0.2) is 5.43 Å². The molecule has 3 aromatic rings. The highest BCUT2D eigenvalue weighted by Gasteiger charge is 2.08. The van der Waals surface area contributed by atoms with Crippen LogP contribution in [0, 0.1) is 0 Å². The number of aromatic nitrogens is 1. The van der Waals surface area contributed by atoms with Gasteiger partial charge in [0.25, 0.3) is 0 Å². The molecule has 0 fully saturated rings. The molecule has 0 spiro atoms. The van der Waals surface area contributed by atoms with Crippen LogP contribution in [-0.2, 0) is 11.2 Å². The fourth-order valence-electron chi connectivity index (χ4n) is 2.49. The van der Waals surface area contributed by atoms with Gasteiger partial charge in [0.1, 0.15) is 5.75 Å². The predicted octanol–water partition coefficient (Wildman–Crippen LogP) is 3.20. The summed E-state index contributed by atoms with van der Waals surface area (Å²) in [5, 5.41) is 4.36. The summed E-state index contributed by atoms with van der Waals surface area (Å²) in [6.07, 6.45) is 3.64. The number of nitrogens with zero attached hydrogens (tertiary/aromatic N) is 2. The van der Waals surface area contributed by atoms with Gasteiger partial charge in [-0.3, -0.25) is 9.78 Å². The molecule has 26 heavy (non-hydrogen) atoms. The zero-order chi connectivity index (χ0) is 18.2. The van der Waals surface area contributed by atoms with Crippen molar-refractivity contribution in [3.05, 3.63) is 95.8 Å². The first-order valence-electron chi connectivity index (χ1n) is 8.21. The molecular formula is C21H19N3O2. The van der Waals surface area contributed by atoms with Gasteiger partial charge in [-0.2, -0.15) is 5.10 Å². The molecule has 1 amide bonds. The molecule has 0 atom stereocenters. The molecule has 1 heterocycles. The summed E-state index contributed by atoms with van der Waals surface area (Å²) in [6, 6.07) is 20.8. The van der Waals surface area contributed by atoms with Crippen molar-refractivity contribution in [1.82, 2.24) is 10.4 Å². The van der Waals surface area contributed by atoms with E-state index in [9.17, 15) is 4.79 Å². The van der Waals surface area contributed by atoms with Crippen LogP contribution in [0.3, 0.4) is 0 Å². The van der Waals surface area contributed by atoms with Crippen LogP contribution in [0.25, 0.3) is 0 Å². The molecule has 0 saturated carbocycles. The van der Waals surface area contributed by atoms with Crippen molar-refractivity contribution in [3.8, 4) is 5.75 Å². The fourth-order valence-corrected chi connectivity index (χ4v) is 2.49. The van der Waals surface area contributed by atoms with E-state index in [4.69, 9.17) is 4.74 Å². The maximum absolute atomic E-state index is 12.3. The lowest BCUT2D eigenvalue weighted by Gasteiger charge is -2.08. The standard InChI is InChI=1S/C21H19N3O2/c1-26-19-9-7-16(8-10-19)15-20(25)23-24-21(17-5-3-2-4-6-17)18-11-13-22-14-12-18/h2-14H,15H2,1H3,(H,23,25). The first kappa shape index (κ1) is 17.4. The van der Waals surface area contributed by atoms with E-state index in [2.05, 4.69) is 15.5 Å². The third kappa shape index (κ3) is 4.54. The SMILES string of the molecule is COc1ccc(CC(=O)NN=C(c2ccccc2)c2ccncc2)cc1. The number of carbonyl (C=O) groups is 1. The molecule has 0 aliphatic heterocycles. The molecule has 130 valence electrons. The molecule has 5 heteroatoms. The monoisotopic (exact) mass is 345 g/mol. The molecule has 0 saturated heterocycles. The number of hydrazone groups is 1. The summed E-state index contributed by atoms with van der Waals surface area (Å²) in [5.74, 6) is 0.578. The lowest BCUT2D eigenvalue weighted by Crippen LogP contribution is -2.22. The van der Waals surface area contributed by atoms with Crippen molar-refractivity contribution in [1.29, 1.82) is 0 Å². The van der Waals surface area contributed by atoms with Gasteiger partial charge >= 0.3 is 0 Å². The van der Waals surface area contributed by atoms with Crippen LogP contribution in [0.1, 0.15) is 16.7 Å². The second-order valence-corrected chi connectivity index (χ2v) is 5.62. The van der Waals surface area contributed by atoms with E-state index in [-0.39, 0.29) is 12.3 Å². The van der Waals surface area contributed by atoms with E-state index >= 15 is 0 Å². The normalized spacial score (nSPS) is 11.0. The lowest BCUT2D eigenvalue weighted by molar-refractivity contribution is -0.120. The van der Waals surface area contributed by atoms with Crippen molar-refractivity contribution in [2.24, 2.45) is 5.10 Å². The number of pyridine rings is 1. The van der Waals surface area contributed by atoms with Crippen molar-refractivity contribution >= 4 is 11.6 Å². The number of ether oxygens (including phenoxy) is 1. The summed E-state index contributed by atoms with van der Waals surface area (Å²) < 4.78 is 5.12. The molecular weight excluding hydrogens is 326 g/mol. The number of rotatable bonds is 6. The maximum atomic E-state index is 12.3. The molecule has 0 aliphatic carbocycles. The van der Waals surface area contributed by atoms with E-state index in [0.29, 0.717) is 5.71 Å². The Morgan fingerprint density at radius 1 is 0.962 bits per heavy atom. The smallest absolute Gasteiger partial charge is 0.244 e. The zero-order valence-electron chi connectivity index (χ0n) is 14.4. The average molecular weight is 345 g/mol. The Hall–Kier alpha value is -3.47. The second-order valence-electron chi connectivity index (χ2n) is 5.62. The summed E-state index contributed by atoms with van der Waals surface area (Å²) in [6.45, 7) is 0. The lowest BCUT2D eigenvalue weighted by atomic mass is 10.0. The van der Waals surface area contributed by atoms with Gasteiger partial charge in [-0.15, -0.1) is 0 Å². The first-order valence-corrected chi connectivity index (χ1v) is 8.21. The van der Waals surface area contributed by atoms with E-state index in [1.165, 1.54) is 0 Å². The molecule has 2 aromatic carbocycles. The molecule has 0 radical (unpaired) electrons. The highest BCUT2D eigenvalue weighted by atomic mass is 16.5. The number of amides is 1. The van der Waals surface area contributed by atoms with E-state index in [1.54, 1.807) is 19.5 Å². The van der Waals surface area contributed by atoms with Crippen LogP contribution in [0.4, 0.5) is 0 Å². The van der Waals surface area contributed by atoms with Gasteiger partial charge in [0.2, 0.25) is 5.91 Å². The number of hydrogen-bond donors (Lipinski definition) is 1. The second kappa shape index (κ2) is 8.58. The maximum Gasteiger partial charge on any atom is 0.244 e. The first-order chi connectivity index (χ1) is 12.8. The summed E-state index contributed by atoms with van der Waals surface area (Å²) >= 11 is 0. The van der Waals surface area contributed by atoms with E-state index in [1.807, 2.05) is 66.7 Å². The molecule has 0 unspecified atom stereocenters. The number of benzene rings is 2. The average Bonchev–Trinajstić information content (AvgIpc) is 2.70. The molecule has 3 rings (SSSR count). The largest absolute Gasteiger partial charge is 0.497 e. The van der Waals surface area contributed by atoms with Gasteiger partial charge < -0.3 is 4.74 Å². The van der Waals surface area contributed by atoms with Crippen LogP contribution < -0.4 is 10.2 Å². The third-order valence-corrected chi connectivity index (χ3v) is 3.82. The van der Waals surface area contributed by atoms with Gasteiger partial charge in [0.05, 0.1) is 19.2 Å². The van der Waals surface area contributed by atoms with Crippen LogP contribution in [0.15, 0.2) is 84.2 Å². The highest BCUT2D eigenvalue weighted by Crippen LogP contribution is 2.12. The minimum atomic E-state index is -0.183. The van der Waals surface area contributed by atoms with Gasteiger partial charge in [0.15, 0.2) is 0 Å². The number of methoxy groups -OCH3 is 1. The van der Waals surface area contributed by atoms with E-state index < -0.39 is 0 Å². The molecule has 0 bridgehead atoms. The van der Waals surface area contributed by atoms with Crippen molar-refractivity contribution in [2.45, 2.75) is 6.42 Å². The molecule has 1 aromatic heterocycles. The zero-order valence-corrected chi connectivity index (χ0v) is 14.4. The third-order valence-electron chi connectivity index (χ3n) is 3.82. The minimum Gasteiger partial charge on any atom is -0.497 e. The van der Waals surface area contributed by atoms with Crippen molar-refractivity contribution < 1.29 is 9.53 Å². The Balaban J connectivity index is 1.76. The molecule has 5 nitrogen and oxygen atoms in total. The van der Waals surface area contributed by atoms with Gasteiger partial charge in [0, 0.05) is 23.5 Å². The van der Waals surface area contributed by atoms with E-state index in [0.717, 1.165) is 22.4 Å². The Morgan fingerprint density at radius 3 is 2.27 bits per heavy atom. The quantitative estimate of drug-likeness (QED) is 0.551. The summed E-state index contributed by atoms with van der Waals surface area (Å²) in [4.78, 5) is 16.3. The van der Waals surface area contributed by atoms with Crippen LogP contribution in [0.5, 0.6) is 5.75 Å². The van der Waals surface area contributed by atoms with Gasteiger partial charge in [-0.05, 0) is 29.8 Å². The predicted molar refractivity (Wildman–Crippen MR) is 101 cm³/mol. The Bertz CT molecular complexity index is 835. The molecule has 0 aliphatic rings. The van der Waals surface area contributed by atoms with Gasteiger partial charge in [-0.1, -0.05) is 42.5 Å². The van der Waals surface area contributed by atoms with Crippen molar-refractivity contribution in [3.63, 3.8) is 0 Å². The Kier molecular flexibility index (Phi) is 5.72. The summed E-state index contributed by atoms with van der Waals surface area (Å²) in [7, 11) is 1.61. The Labute approximate surface area is 152 Å². The topological polar surface area (TPSA) is 63.6 Å². The minimum absolute atomic E-state index is 0.183. The summed E-state index contributed by atoms with van der Waals surface area (Å²) in [5.41, 5.74) is 6.04. The fraction of sp³-hybridized carbons (Fsp3) is 0.0952. The molecule has 1 N–H and O–H groups in total. The highest BCUT2D eigenvalue weighted by molar-refractivity contribution is 6.13. The van der Waals surface area contributed by atoms with Crippen LogP contribution >= 0.6 is 0 Å².